The monoisotopic (exact) mass is 662 g/mol. The Morgan fingerprint density at radius 2 is 1.87 bits per heavy atom. The van der Waals surface area contributed by atoms with Gasteiger partial charge in [0.25, 0.3) is 0 Å². The minimum atomic E-state index is -0.447. The summed E-state index contributed by atoms with van der Waals surface area (Å²) in [7, 11) is 3.55. The first-order valence-corrected chi connectivity index (χ1v) is 15.3. The molecule has 11 nitrogen and oxygen atoms in total. The zero-order valence-corrected chi connectivity index (χ0v) is 27.9. The highest BCUT2D eigenvalue weighted by Crippen LogP contribution is 2.25. The van der Waals surface area contributed by atoms with Crippen molar-refractivity contribution in [3.05, 3.63) is 88.7 Å². The largest absolute Gasteiger partial charge is 0.497 e. The van der Waals surface area contributed by atoms with Crippen LogP contribution in [-0.4, -0.2) is 91.3 Å². The molecule has 246 valence electrons. The first-order valence-electron chi connectivity index (χ1n) is 14.6. The summed E-state index contributed by atoms with van der Waals surface area (Å²) in [6, 6.07) is 13.0. The maximum atomic E-state index is 12.9. The van der Waals surface area contributed by atoms with Gasteiger partial charge in [0.1, 0.15) is 30.9 Å². The van der Waals surface area contributed by atoms with E-state index in [4.69, 9.17) is 27.9 Å². The second-order valence-electron chi connectivity index (χ2n) is 10.0. The van der Waals surface area contributed by atoms with Gasteiger partial charge in [0.2, 0.25) is 12.3 Å². The third-order valence-corrected chi connectivity index (χ3v) is 7.43. The normalized spacial score (nSPS) is 14.2. The van der Waals surface area contributed by atoms with Gasteiger partial charge in [0.15, 0.2) is 0 Å². The molecule has 1 fully saturated rings. The number of nitrogens with zero attached hydrogens (tertiary/aromatic N) is 4. The van der Waals surface area contributed by atoms with Crippen LogP contribution < -0.4 is 15.4 Å². The molecule has 0 aromatic heterocycles. The molecule has 1 atom stereocenters. The van der Waals surface area contributed by atoms with Gasteiger partial charge >= 0.3 is 6.09 Å². The lowest BCUT2D eigenvalue weighted by Crippen LogP contribution is -2.64. The summed E-state index contributed by atoms with van der Waals surface area (Å²) in [5.74, 6) is 1.24. The number of alkyl carbamates (subject to hydrolysis) is 1. The summed E-state index contributed by atoms with van der Waals surface area (Å²) in [6.45, 7) is 14.3. The van der Waals surface area contributed by atoms with Crippen molar-refractivity contribution in [3.63, 3.8) is 0 Å². The maximum absolute atomic E-state index is 12.9. The van der Waals surface area contributed by atoms with E-state index >= 15 is 0 Å². The minimum absolute atomic E-state index is 0.0425. The van der Waals surface area contributed by atoms with Crippen molar-refractivity contribution < 1.29 is 23.9 Å². The van der Waals surface area contributed by atoms with Crippen LogP contribution in [0.2, 0.25) is 10.0 Å². The van der Waals surface area contributed by atoms with Gasteiger partial charge in [-0.1, -0.05) is 74.5 Å². The fourth-order valence-corrected chi connectivity index (χ4v) is 4.77. The molecular weight excluding hydrogens is 619 g/mol. The summed E-state index contributed by atoms with van der Waals surface area (Å²) in [6.07, 6.45) is 2.34. The second kappa shape index (κ2) is 19.5. The Balaban J connectivity index is 0.000000607. The number of piperazine rings is 1. The number of nitrogens with one attached hydrogen (secondary N) is 2. The maximum Gasteiger partial charge on any atom is 0.407 e. The second-order valence-corrected chi connectivity index (χ2v) is 10.9. The topological polar surface area (TPSA) is 107 Å². The third kappa shape index (κ3) is 11.8. The Kier molecular flexibility index (Phi) is 16.1. The van der Waals surface area contributed by atoms with Crippen LogP contribution in [0.15, 0.2) is 67.5 Å². The van der Waals surface area contributed by atoms with E-state index in [9.17, 15) is 14.4 Å². The molecule has 2 N–H and O–H groups in total. The molecule has 1 aliphatic heterocycles. The number of ether oxygens (including phenoxy) is 2. The lowest BCUT2D eigenvalue weighted by Gasteiger charge is -2.48. The minimum Gasteiger partial charge on any atom is -0.497 e. The number of carbonyl (C=O) groups excluding carboxylic acids is 3. The van der Waals surface area contributed by atoms with E-state index in [0.717, 1.165) is 23.3 Å². The lowest BCUT2D eigenvalue weighted by molar-refractivity contribution is -0.159. The van der Waals surface area contributed by atoms with Crippen molar-refractivity contribution in [2.75, 3.05) is 46.9 Å². The molecule has 1 unspecified atom stereocenters. The van der Waals surface area contributed by atoms with Crippen LogP contribution in [0.1, 0.15) is 31.4 Å². The standard InChI is InChI=1S/C25H31Cl2N5O3.C7H13NO2/c1-5-29(3)32(18(2)28-13-19-6-10-22(35-4)11-7-19)24-15-30(25(34)16-31(24)17-33)14-20-8-9-21(26)12-23(20)27;1-3-5-8-7(9)10-6-4-2/h6-12,17,24,28H,2,5,13-16H2,1,3-4H3;4H,2-3,5-6H2,1H3,(H,8,9). The molecule has 1 aliphatic rings. The van der Waals surface area contributed by atoms with Gasteiger partial charge in [0.05, 0.1) is 13.7 Å². The van der Waals surface area contributed by atoms with Crippen molar-refractivity contribution in [3.8, 4) is 5.75 Å². The number of hydrazine groups is 1. The summed E-state index contributed by atoms with van der Waals surface area (Å²) in [4.78, 5) is 38.6. The van der Waals surface area contributed by atoms with Crippen LogP contribution in [0.5, 0.6) is 5.75 Å². The molecule has 2 aromatic rings. The Hall–Kier alpha value is -3.93. The summed E-state index contributed by atoms with van der Waals surface area (Å²) in [5.41, 5.74) is 1.84. The smallest absolute Gasteiger partial charge is 0.407 e. The van der Waals surface area contributed by atoms with E-state index in [1.54, 1.807) is 24.1 Å². The van der Waals surface area contributed by atoms with Crippen LogP contribution in [0.4, 0.5) is 4.79 Å². The van der Waals surface area contributed by atoms with E-state index in [0.29, 0.717) is 48.5 Å². The first-order chi connectivity index (χ1) is 21.6. The highest BCUT2D eigenvalue weighted by Gasteiger charge is 2.37. The number of benzene rings is 2. The van der Waals surface area contributed by atoms with E-state index in [1.807, 2.05) is 61.2 Å². The van der Waals surface area contributed by atoms with Gasteiger partial charge in [-0.3, -0.25) is 14.6 Å². The zero-order chi connectivity index (χ0) is 33.4. The quantitative estimate of drug-likeness (QED) is 0.158. The van der Waals surface area contributed by atoms with Gasteiger partial charge in [0, 0.05) is 43.3 Å². The van der Waals surface area contributed by atoms with Gasteiger partial charge in [-0.2, -0.15) is 0 Å². The summed E-state index contributed by atoms with van der Waals surface area (Å²) < 4.78 is 9.84. The van der Waals surface area contributed by atoms with Crippen molar-refractivity contribution in [1.29, 1.82) is 0 Å². The van der Waals surface area contributed by atoms with Gasteiger partial charge in [-0.05, 0) is 41.8 Å². The SMILES string of the molecule is C=C(NCc1ccc(OC)cc1)N(C1CN(Cc2ccc(Cl)cc2Cl)C(=O)CN1C=O)N(C)CC.C=CCOC(=O)NCCC. The number of halogens is 2. The Morgan fingerprint density at radius 1 is 1.16 bits per heavy atom. The van der Waals surface area contributed by atoms with Crippen LogP contribution in [0.25, 0.3) is 0 Å². The molecule has 1 saturated heterocycles. The molecule has 2 aromatic carbocycles. The number of rotatable bonds is 15. The Bertz CT molecular complexity index is 1280. The number of carbonyl (C=O) groups is 3. The van der Waals surface area contributed by atoms with Crippen LogP contribution in [-0.2, 0) is 27.4 Å². The molecule has 3 rings (SSSR count). The number of methoxy groups -OCH3 is 1. The highest BCUT2D eigenvalue weighted by atomic mass is 35.5. The zero-order valence-electron chi connectivity index (χ0n) is 26.4. The van der Waals surface area contributed by atoms with Crippen molar-refractivity contribution in [2.45, 2.75) is 39.5 Å². The fraction of sp³-hybridized carbons (Fsp3) is 0.406. The van der Waals surface area contributed by atoms with Gasteiger partial charge in [-0.15, -0.1) is 0 Å². The van der Waals surface area contributed by atoms with E-state index in [2.05, 4.69) is 28.5 Å². The molecule has 0 saturated carbocycles. The number of hydrogen-bond donors (Lipinski definition) is 2. The first kappa shape index (κ1) is 37.3. The molecule has 0 aliphatic carbocycles. The van der Waals surface area contributed by atoms with E-state index in [-0.39, 0.29) is 31.7 Å². The van der Waals surface area contributed by atoms with Gasteiger partial charge < -0.3 is 29.9 Å². The van der Waals surface area contributed by atoms with Crippen molar-refractivity contribution in [2.24, 2.45) is 0 Å². The van der Waals surface area contributed by atoms with Crippen molar-refractivity contribution in [1.82, 2.24) is 30.5 Å². The average Bonchev–Trinajstić information content (AvgIpc) is 3.04. The molecule has 13 heteroatoms. The predicted octanol–water partition coefficient (Wildman–Crippen LogP) is 4.87. The van der Waals surface area contributed by atoms with Gasteiger partial charge in [-0.25, -0.2) is 9.80 Å². The molecular formula is C32H44Cl2N6O5. The number of hydrogen-bond acceptors (Lipinski definition) is 8. The van der Waals surface area contributed by atoms with Crippen LogP contribution >= 0.6 is 23.2 Å². The molecule has 3 amide bonds. The third-order valence-electron chi connectivity index (χ3n) is 6.84. The average molecular weight is 664 g/mol. The van der Waals surface area contributed by atoms with E-state index in [1.165, 1.54) is 11.0 Å². The lowest BCUT2D eigenvalue weighted by atomic mass is 10.1. The molecule has 0 radical (unpaired) electrons. The Morgan fingerprint density at radius 3 is 2.44 bits per heavy atom. The Labute approximate surface area is 276 Å². The highest BCUT2D eigenvalue weighted by molar-refractivity contribution is 6.35. The molecule has 0 spiro atoms. The fourth-order valence-electron chi connectivity index (χ4n) is 4.31. The predicted molar refractivity (Wildman–Crippen MR) is 177 cm³/mol. The summed E-state index contributed by atoms with van der Waals surface area (Å²) >= 11 is 12.4. The molecule has 1 heterocycles. The van der Waals surface area contributed by atoms with Crippen molar-refractivity contribution >= 4 is 41.6 Å². The number of amides is 3. The molecule has 45 heavy (non-hydrogen) atoms. The van der Waals surface area contributed by atoms with E-state index < -0.39 is 6.17 Å². The summed E-state index contributed by atoms with van der Waals surface area (Å²) in [5, 5.41) is 10.8. The van der Waals surface area contributed by atoms with Crippen LogP contribution in [0.3, 0.4) is 0 Å². The van der Waals surface area contributed by atoms with Crippen LogP contribution in [0, 0.1) is 0 Å². The molecule has 0 bridgehead atoms.